The molecule has 0 aliphatic carbocycles. The number of hydrogen-bond donors (Lipinski definition) is 2. The van der Waals surface area contributed by atoms with Gasteiger partial charge in [-0.15, -0.1) is 0 Å². The molecular weight excluding hydrogens is 300 g/mol. The first-order valence-electron chi connectivity index (χ1n) is 8.10. The molecule has 0 spiro atoms. The summed E-state index contributed by atoms with van der Waals surface area (Å²) in [6.07, 6.45) is 2.58. The number of nitrogens with zero attached hydrogens (tertiary/aromatic N) is 1. The van der Waals surface area contributed by atoms with Crippen LogP contribution < -0.4 is 5.32 Å². The van der Waals surface area contributed by atoms with Crippen molar-refractivity contribution < 1.29 is 24.3 Å². The van der Waals surface area contributed by atoms with Crippen molar-refractivity contribution in [2.75, 3.05) is 13.1 Å². The fourth-order valence-electron chi connectivity index (χ4n) is 2.55. The minimum absolute atomic E-state index is 0.0358. The molecular formula is C16H26N2O5. The van der Waals surface area contributed by atoms with Gasteiger partial charge in [-0.05, 0) is 25.2 Å². The summed E-state index contributed by atoms with van der Waals surface area (Å²) in [5, 5.41) is 11.6. The Kier molecular flexibility index (Phi) is 7.71. The highest BCUT2D eigenvalue weighted by Crippen LogP contribution is 2.18. The molecule has 0 aromatic carbocycles. The highest BCUT2D eigenvalue weighted by Gasteiger charge is 2.26. The summed E-state index contributed by atoms with van der Waals surface area (Å²) in [7, 11) is 0. The number of hydrogen-bond acceptors (Lipinski definition) is 4. The van der Waals surface area contributed by atoms with Crippen molar-refractivity contribution in [3.05, 3.63) is 0 Å². The van der Waals surface area contributed by atoms with Gasteiger partial charge in [0.1, 0.15) is 6.29 Å². The predicted octanol–water partition coefficient (Wildman–Crippen LogP) is 0.820. The molecule has 0 aromatic heterocycles. The summed E-state index contributed by atoms with van der Waals surface area (Å²) in [4.78, 5) is 47.1. The third-order valence-electron chi connectivity index (χ3n) is 4.18. The molecule has 1 aliphatic rings. The standard InChI is InChI=1S/C16H26N2O5/c1-11(2)13(10-19)17-14(20)4-3-5-15(21)18-8-6-12(7-9-18)16(22)23/h10-13H,3-9H2,1-2H3,(H,17,20)(H,22,23). The number of aliphatic carboxylic acids is 1. The van der Waals surface area contributed by atoms with E-state index in [2.05, 4.69) is 5.32 Å². The maximum absolute atomic E-state index is 12.0. The van der Waals surface area contributed by atoms with Crippen molar-refractivity contribution in [1.29, 1.82) is 0 Å². The Morgan fingerprint density at radius 3 is 2.30 bits per heavy atom. The van der Waals surface area contributed by atoms with Crippen LogP contribution >= 0.6 is 0 Å². The van der Waals surface area contributed by atoms with Gasteiger partial charge in [-0.3, -0.25) is 14.4 Å². The average molecular weight is 326 g/mol. The number of carbonyl (C=O) groups is 4. The van der Waals surface area contributed by atoms with Crippen molar-refractivity contribution in [2.24, 2.45) is 11.8 Å². The summed E-state index contributed by atoms with van der Waals surface area (Å²) < 4.78 is 0. The van der Waals surface area contributed by atoms with E-state index in [4.69, 9.17) is 5.11 Å². The van der Waals surface area contributed by atoms with E-state index in [9.17, 15) is 19.2 Å². The topological polar surface area (TPSA) is 104 Å². The van der Waals surface area contributed by atoms with Gasteiger partial charge >= 0.3 is 5.97 Å². The Hall–Kier alpha value is -1.92. The van der Waals surface area contributed by atoms with Crippen molar-refractivity contribution in [3.8, 4) is 0 Å². The first-order chi connectivity index (χ1) is 10.8. The Bertz CT molecular complexity index is 442. The molecule has 130 valence electrons. The number of likely N-dealkylation sites (tertiary alicyclic amines) is 1. The molecule has 0 saturated carbocycles. The van der Waals surface area contributed by atoms with Gasteiger partial charge in [-0.25, -0.2) is 0 Å². The van der Waals surface area contributed by atoms with Crippen LogP contribution in [0.4, 0.5) is 0 Å². The second-order valence-corrected chi connectivity index (χ2v) is 6.32. The number of piperidine rings is 1. The Morgan fingerprint density at radius 2 is 1.83 bits per heavy atom. The van der Waals surface area contributed by atoms with Gasteiger partial charge in [0.05, 0.1) is 12.0 Å². The summed E-state index contributed by atoms with van der Waals surface area (Å²) in [5.41, 5.74) is 0. The molecule has 1 saturated heterocycles. The third kappa shape index (κ3) is 6.38. The third-order valence-corrected chi connectivity index (χ3v) is 4.18. The summed E-state index contributed by atoms with van der Waals surface area (Å²) in [6.45, 7) is 4.62. The summed E-state index contributed by atoms with van der Waals surface area (Å²) >= 11 is 0. The molecule has 1 heterocycles. The van der Waals surface area contributed by atoms with Crippen LogP contribution in [0, 0.1) is 11.8 Å². The molecule has 1 aliphatic heterocycles. The van der Waals surface area contributed by atoms with Crippen molar-refractivity contribution >= 4 is 24.1 Å². The number of rotatable bonds is 8. The molecule has 7 nitrogen and oxygen atoms in total. The van der Waals surface area contributed by atoms with E-state index in [1.807, 2.05) is 13.8 Å². The first-order valence-corrected chi connectivity index (χ1v) is 8.10. The lowest BCUT2D eigenvalue weighted by Gasteiger charge is -2.30. The number of nitrogens with one attached hydrogen (secondary N) is 1. The maximum atomic E-state index is 12.0. The second-order valence-electron chi connectivity index (χ2n) is 6.32. The molecule has 23 heavy (non-hydrogen) atoms. The summed E-state index contributed by atoms with van der Waals surface area (Å²) in [6, 6.07) is -0.492. The van der Waals surface area contributed by atoms with Crippen LogP contribution in [0.5, 0.6) is 0 Å². The molecule has 0 aromatic rings. The molecule has 7 heteroatoms. The zero-order valence-electron chi connectivity index (χ0n) is 13.8. The molecule has 2 N–H and O–H groups in total. The molecule has 1 atom stereocenters. The molecule has 1 rings (SSSR count). The van der Waals surface area contributed by atoms with Crippen LogP contribution in [0.1, 0.15) is 46.0 Å². The smallest absolute Gasteiger partial charge is 0.306 e. The zero-order valence-corrected chi connectivity index (χ0v) is 13.8. The van der Waals surface area contributed by atoms with E-state index in [0.717, 1.165) is 6.29 Å². The lowest BCUT2D eigenvalue weighted by molar-refractivity contribution is -0.145. The van der Waals surface area contributed by atoms with Crippen molar-refractivity contribution in [3.63, 3.8) is 0 Å². The average Bonchev–Trinajstić information content (AvgIpc) is 2.52. The van der Waals surface area contributed by atoms with Crippen LogP contribution in [-0.4, -0.2) is 53.2 Å². The molecule has 1 fully saturated rings. The number of aldehydes is 1. The zero-order chi connectivity index (χ0) is 17.4. The molecule has 1 unspecified atom stereocenters. The number of carboxylic acid groups (broad SMARTS) is 1. The lowest BCUT2D eigenvalue weighted by atomic mass is 9.97. The molecule has 2 amide bonds. The monoisotopic (exact) mass is 326 g/mol. The van der Waals surface area contributed by atoms with Gasteiger partial charge in [0.2, 0.25) is 11.8 Å². The van der Waals surface area contributed by atoms with Gasteiger partial charge < -0.3 is 20.1 Å². The van der Waals surface area contributed by atoms with Gasteiger partial charge in [0.25, 0.3) is 0 Å². The highest BCUT2D eigenvalue weighted by atomic mass is 16.4. The molecule has 0 radical (unpaired) electrons. The van der Waals surface area contributed by atoms with Crippen LogP contribution in [0.3, 0.4) is 0 Å². The number of amides is 2. The van der Waals surface area contributed by atoms with Crippen molar-refractivity contribution in [2.45, 2.75) is 52.0 Å². The van der Waals surface area contributed by atoms with E-state index in [0.29, 0.717) is 32.4 Å². The van der Waals surface area contributed by atoms with Gasteiger partial charge in [0, 0.05) is 25.9 Å². The van der Waals surface area contributed by atoms with Crippen LogP contribution in [0.2, 0.25) is 0 Å². The largest absolute Gasteiger partial charge is 0.481 e. The SMILES string of the molecule is CC(C)C(C=O)NC(=O)CCCC(=O)N1CCC(C(=O)O)CC1. The first kappa shape index (κ1) is 19.1. The fraction of sp³-hybridized carbons (Fsp3) is 0.750. The van der Waals surface area contributed by atoms with E-state index in [1.165, 1.54) is 0 Å². The second kappa shape index (κ2) is 9.27. The van der Waals surface area contributed by atoms with E-state index < -0.39 is 12.0 Å². The molecule has 0 bridgehead atoms. The van der Waals surface area contributed by atoms with Crippen molar-refractivity contribution in [1.82, 2.24) is 10.2 Å². The van der Waals surface area contributed by atoms with Gasteiger partial charge in [-0.2, -0.15) is 0 Å². The number of carbonyl (C=O) groups excluding carboxylic acids is 3. The maximum Gasteiger partial charge on any atom is 0.306 e. The van der Waals surface area contributed by atoms with Crippen LogP contribution in [0.25, 0.3) is 0 Å². The van der Waals surface area contributed by atoms with E-state index in [-0.39, 0.29) is 36.5 Å². The quantitative estimate of drug-likeness (QED) is 0.643. The van der Waals surface area contributed by atoms with Crippen LogP contribution in [-0.2, 0) is 19.2 Å². The summed E-state index contributed by atoms with van der Waals surface area (Å²) in [5.74, 6) is -1.40. The van der Waals surface area contributed by atoms with Crippen LogP contribution in [0.15, 0.2) is 0 Å². The highest BCUT2D eigenvalue weighted by molar-refractivity contribution is 5.81. The fourth-order valence-corrected chi connectivity index (χ4v) is 2.55. The Morgan fingerprint density at radius 1 is 1.22 bits per heavy atom. The van der Waals surface area contributed by atoms with Gasteiger partial charge in [0.15, 0.2) is 0 Å². The number of carboxylic acids is 1. The van der Waals surface area contributed by atoms with E-state index >= 15 is 0 Å². The van der Waals surface area contributed by atoms with Gasteiger partial charge in [-0.1, -0.05) is 13.8 Å². The predicted molar refractivity (Wildman–Crippen MR) is 83.6 cm³/mol. The Labute approximate surface area is 136 Å². The normalized spacial score (nSPS) is 16.9. The lowest BCUT2D eigenvalue weighted by Crippen LogP contribution is -2.41. The Balaban J connectivity index is 2.25. The minimum Gasteiger partial charge on any atom is -0.481 e. The minimum atomic E-state index is -0.802. The van der Waals surface area contributed by atoms with E-state index in [1.54, 1.807) is 4.90 Å².